The van der Waals surface area contributed by atoms with Gasteiger partial charge in [0.1, 0.15) is 48.9 Å². The molecule has 15 nitrogen and oxygen atoms in total. The zero-order chi connectivity index (χ0) is 45.7. The second-order valence-corrected chi connectivity index (χ2v) is 17.1. The molecule has 5 aromatic rings. The second kappa shape index (κ2) is 22.4. The Morgan fingerprint density at radius 3 is 1.90 bits per heavy atom. The SMILES string of the molecule is COc1cc(OCc2cccc(-c3cccc(COc4cc(OCc5cncc(C#N)c5)c(CNCC(O)CC(=O)O)cc4Cl)c3C)c2C)c(Cl)cc1CNCC(=O)NS(C)(=O)=O. The molecule has 0 saturated heterocycles. The van der Waals surface area contributed by atoms with Crippen LogP contribution in [0, 0.1) is 25.2 Å². The van der Waals surface area contributed by atoms with E-state index in [1.807, 2.05) is 55.0 Å². The van der Waals surface area contributed by atoms with E-state index >= 15 is 0 Å². The van der Waals surface area contributed by atoms with Crippen LogP contribution in [0.2, 0.25) is 10.0 Å². The minimum Gasteiger partial charge on any atom is -0.496 e. The van der Waals surface area contributed by atoms with Crippen LogP contribution in [0.1, 0.15) is 50.9 Å². The number of ether oxygens (including phenoxy) is 4. The Bertz CT molecular complexity index is 2600. The first-order valence-corrected chi connectivity index (χ1v) is 22.1. The van der Waals surface area contributed by atoms with Gasteiger partial charge < -0.3 is 39.8 Å². The number of halogens is 2. The van der Waals surface area contributed by atoms with E-state index in [0.29, 0.717) is 55.3 Å². The number of nitrogens with one attached hydrogen (secondary N) is 3. The number of carbonyl (C=O) groups excluding carboxylic acids is 1. The average molecular weight is 921 g/mol. The lowest BCUT2D eigenvalue weighted by atomic mass is 9.92. The van der Waals surface area contributed by atoms with Crippen molar-refractivity contribution in [3.8, 4) is 40.2 Å². The Labute approximate surface area is 375 Å². The van der Waals surface area contributed by atoms with Crippen molar-refractivity contribution in [2.45, 2.75) is 59.3 Å². The molecule has 5 rings (SSSR count). The minimum atomic E-state index is -3.67. The van der Waals surface area contributed by atoms with Crippen molar-refractivity contribution in [2.24, 2.45) is 0 Å². The largest absolute Gasteiger partial charge is 0.496 e. The first-order valence-electron chi connectivity index (χ1n) is 19.5. The maximum atomic E-state index is 11.9. The van der Waals surface area contributed by atoms with Crippen LogP contribution in [0.3, 0.4) is 0 Å². The fourth-order valence-electron chi connectivity index (χ4n) is 6.54. The lowest BCUT2D eigenvalue weighted by Gasteiger charge is -2.19. The van der Waals surface area contributed by atoms with Crippen LogP contribution in [0.25, 0.3) is 11.1 Å². The zero-order valence-electron chi connectivity index (χ0n) is 35.0. The number of nitriles is 1. The van der Waals surface area contributed by atoms with Crippen LogP contribution in [-0.2, 0) is 52.5 Å². The molecule has 1 unspecified atom stereocenters. The Hall–Kier alpha value is -5.93. The molecule has 1 amide bonds. The van der Waals surface area contributed by atoms with Gasteiger partial charge in [-0.3, -0.25) is 19.3 Å². The van der Waals surface area contributed by atoms with Gasteiger partial charge in [-0.2, -0.15) is 5.26 Å². The number of pyridine rings is 1. The third-order valence-electron chi connectivity index (χ3n) is 9.72. The molecule has 18 heteroatoms. The van der Waals surface area contributed by atoms with Gasteiger partial charge in [-0.25, -0.2) is 8.42 Å². The highest BCUT2D eigenvalue weighted by Gasteiger charge is 2.18. The number of hydrogen-bond acceptors (Lipinski definition) is 13. The number of rotatable bonds is 22. The Morgan fingerprint density at radius 2 is 1.35 bits per heavy atom. The first kappa shape index (κ1) is 48.1. The highest BCUT2D eigenvalue weighted by atomic mass is 35.5. The number of aromatic nitrogens is 1. The summed E-state index contributed by atoms with van der Waals surface area (Å²) in [6, 6.07) is 22.4. The van der Waals surface area contributed by atoms with E-state index in [1.165, 1.54) is 13.3 Å². The van der Waals surface area contributed by atoms with E-state index in [-0.39, 0.29) is 46.0 Å². The fraction of sp³-hybridized carbons (Fsp3) is 0.289. The van der Waals surface area contributed by atoms with Gasteiger partial charge in [0.05, 0.1) is 48.0 Å². The molecule has 0 fully saturated rings. The minimum absolute atomic E-state index is 0.0281. The molecular formula is C45H47Cl2N5O10S. The van der Waals surface area contributed by atoms with Crippen LogP contribution in [-0.4, -0.2) is 68.1 Å². The van der Waals surface area contributed by atoms with Crippen molar-refractivity contribution in [3.63, 3.8) is 0 Å². The summed E-state index contributed by atoms with van der Waals surface area (Å²) in [4.78, 5) is 27.0. The highest BCUT2D eigenvalue weighted by molar-refractivity contribution is 7.89. The van der Waals surface area contributed by atoms with Crippen LogP contribution in [0.4, 0.5) is 0 Å². The van der Waals surface area contributed by atoms with E-state index in [0.717, 1.165) is 39.6 Å². The van der Waals surface area contributed by atoms with E-state index in [1.54, 1.807) is 36.5 Å². The number of hydrogen-bond donors (Lipinski definition) is 5. The summed E-state index contributed by atoms with van der Waals surface area (Å²) < 4.78 is 48.8. The van der Waals surface area contributed by atoms with Crippen molar-refractivity contribution < 1.29 is 47.2 Å². The molecule has 4 aromatic carbocycles. The van der Waals surface area contributed by atoms with Crippen molar-refractivity contribution in [1.82, 2.24) is 20.3 Å². The standard InChI is InChI=1S/C45H47Cl2N5O10S/c1-27-31(25-61-42-15-40(59-3)33(12-38(42)46)20-51-23-44(54)52-63(4,57)58)7-5-9-36(27)37-10-6-8-32(28(37)2)26-62-43-16-41(60-24-30-11-29(17-48)18-49-19-30)34(13-39(43)47)21-50-22-35(53)14-45(55)56/h5-13,15-16,18-19,35,50-51,53H,14,20-26H2,1-4H3,(H,52,54)(H,55,56). The summed E-state index contributed by atoms with van der Waals surface area (Å²) in [6.45, 7) is 4.69. The van der Waals surface area contributed by atoms with Gasteiger partial charge in [-0.05, 0) is 65.4 Å². The molecule has 1 atom stereocenters. The molecule has 63 heavy (non-hydrogen) atoms. The highest BCUT2D eigenvalue weighted by Crippen LogP contribution is 2.37. The molecule has 0 radical (unpaired) electrons. The van der Waals surface area contributed by atoms with Gasteiger partial charge in [0.2, 0.25) is 15.9 Å². The van der Waals surface area contributed by atoms with Crippen molar-refractivity contribution in [1.29, 1.82) is 5.26 Å². The quantitative estimate of drug-likeness (QED) is 0.0509. The van der Waals surface area contributed by atoms with Crippen molar-refractivity contribution in [3.05, 3.63) is 134 Å². The van der Waals surface area contributed by atoms with Crippen LogP contribution < -0.4 is 34.3 Å². The predicted octanol–water partition coefficient (Wildman–Crippen LogP) is 6.38. The Balaban J connectivity index is 1.29. The van der Waals surface area contributed by atoms with Crippen LogP contribution >= 0.6 is 23.2 Å². The molecule has 0 saturated carbocycles. The normalized spacial score (nSPS) is 11.7. The zero-order valence-corrected chi connectivity index (χ0v) is 37.3. The van der Waals surface area contributed by atoms with Crippen LogP contribution in [0.5, 0.6) is 23.0 Å². The summed E-state index contributed by atoms with van der Waals surface area (Å²) >= 11 is 13.4. The maximum Gasteiger partial charge on any atom is 0.306 e. The second-order valence-electron chi connectivity index (χ2n) is 14.5. The van der Waals surface area contributed by atoms with Gasteiger partial charge in [-0.1, -0.05) is 59.6 Å². The van der Waals surface area contributed by atoms with E-state index < -0.39 is 34.4 Å². The number of aliphatic hydroxyl groups is 1. The Kier molecular flexibility index (Phi) is 17.1. The van der Waals surface area contributed by atoms with Crippen LogP contribution in [0.15, 0.2) is 79.1 Å². The molecule has 0 bridgehead atoms. The van der Waals surface area contributed by atoms with Crippen molar-refractivity contribution in [2.75, 3.05) is 26.5 Å². The molecule has 332 valence electrons. The topological polar surface area (TPSA) is 218 Å². The van der Waals surface area contributed by atoms with Gasteiger partial charge >= 0.3 is 5.97 Å². The number of carbonyl (C=O) groups is 2. The number of aliphatic hydroxyl groups excluding tert-OH is 1. The number of sulfonamides is 1. The third-order valence-corrected chi connectivity index (χ3v) is 10.9. The predicted molar refractivity (Wildman–Crippen MR) is 237 cm³/mol. The molecular weight excluding hydrogens is 873 g/mol. The summed E-state index contributed by atoms with van der Waals surface area (Å²) in [7, 11) is -2.17. The molecule has 5 N–H and O–H groups in total. The average Bonchev–Trinajstić information content (AvgIpc) is 3.22. The number of nitrogens with zero attached hydrogens (tertiary/aromatic N) is 2. The van der Waals surface area contributed by atoms with Gasteiger partial charge in [0.25, 0.3) is 0 Å². The Morgan fingerprint density at radius 1 is 0.794 bits per heavy atom. The molecule has 1 heterocycles. The van der Waals surface area contributed by atoms with Gasteiger partial charge in [0, 0.05) is 60.9 Å². The molecule has 0 aliphatic heterocycles. The summed E-state index contributed by atoms with van der Waals surface area (Å²) in [5, 5.41) is 34.9. The lowest BCUT2D eigenvalue weighted by Crippen LogP contribution is -2.36. The van der Waals surface area contributed by atoms with E-state index in [9.17, 15) is 28.4 Å². The van der Waals surface area contributed by atoms with Crippen molar-refractivity contribution >= 4 is 45.1 Å². The molecule has 1 aromatic heterocycles. The van der Waals surface area contributed by atoms with E-state index in [2.05, 4.69) is 21.7 Å². The monoisotopic (exact) mass is 919 g/mol. The smallest absolute Gasteiger partial charge is 0.306 e. The lowest BCUT2D eigenvalue weighted by molar-refractivity contribution is -0.139. The number of carboxylic acid groups (broad SMARTS) is 1. The molecule has 0 aliphatic rings. The number of aliphatic carboxylic acids is 1. The summed E-state index contributed by atoms with van der Waals surface area (Å²) in [5.41, 5.74) is 8.15. The summed E-state index contributed by atoms with van der Waals surface area (Å²) in [6.07, 6.45) is 2.46. The maximum absolute atomic E-state index is 11.9. The van der Waals surface area contributed by atoms with Gasteiger partial charge in [-0.15, -0.1) is 0 Å². The van der Waals surface area contributed by atoms with Gasteiger partial charge in [0.15, 0.2) is 0 Å². The fourth-order valence-corrected chi connectivity index (χ4v) is 7.50. The summed E-state index contributed by atoms with van der Waals surface area (Å²) in [5.74, 6) is -0.152. The first-order chi connectivity index (χ1) is 30.0. The third kappa shape index (κ3) is 14.0. The molecule has 0 aliphatic carbocycles. The number of benzene rings is 4. The number of carboxylic acids is 1. The molecule has 0 spiro atoms. The van der Waals surface area contributed by atoms with E-state index in [4.69, 9.17) is 47.3 Å². The number of amides is 1. The number of methoxy groups -OCH3 is 1.